The van der Waals surface area contributed by atoms with Crippen LogP contribution in [-0.2, 0) is 4.79 Å². The average molecular weight is 185 g/mol. The van der Waals surface area contributed by atoms with Crippen molar-refractivity contribution in [1.82, 2.24) is 5.32 Å². The molecule has 0 rings (SSSR count). The number of rotatable bonds is 5. The summed E-state index contributed by atoms with van der Waals surface area (Å²) in [5, 5.41) is 2.98. The number of hydrogen-bond acceptors (Lipinski definition) is 1. The summed E-state index contributed by atoms with van der Waals surface area (Å²) in [7, 11) is 0. The molecule has 0 aliphatic rings. The van der Waals surface area contributed by atoms with Gasteiger partial charge in [-0.3, -0.25) is 4.79 Å². The molecule has 0 saturated heterocycles. The molecule has 0 aromatic heterocycles. The molecule has 1 N–H and O–H groups in total. The van der Waals surface area contributed by atoms with Gasteiger partial charge in [-0.1, -0.05) is 27.2 Å². The zero-order valence-electron chi connectivity index (χ0n) is 9.61. The van der Waals surface area contributed by atoms with Crippen LogP contribution in [0.2, 0.25) is 0 Å². The van der Waals surface area contributed by atoms with Gasteiger partial charge in [0.15, 0.2) is 0 Å². The summed E-state index contributed by atoms with van der Waals surface area (Å²) < 4.78 is 0. The van der Waals surface area contributed by atoms with E-state index in [9.17, 15) is 4.79 Å². The molecule has 0 bridgehead atoms. The fraction of sp³-hybridized carbons (Fsp3) is 0.909. The van der Waals surface area contributed by atoms with Gasteiger partial charge in [0, 0.05) is 11.5 Å². The molecule has 0 fully saturated rings. The minimum atomic E-state index is -0.168. The lowest BCUT2D eigenvalue weighted by molar-refractivity contribution is -0.131. The Morgan fingerprint density at radius 3 is 2.23 bits per heavy atom. The van der Waals surface area contributed by atoms with Crippen molar-refractivity contribution in [2.24, 2.45) is 5.41 Å². The van der Waals surface area contributed by atoms with E-state index in [4.69, 9.17) is 0 Å². The minimum Gasteiger partial charge on any atom is -0.353 e. The number of hydrogen-bond donors (Lipinski definition) is 1. The Morgan fingerprint density at radius 1 is 1.38 bits per heavy atom. The molecule has 2 heteroatoms. The molecule has 0 radical (unpaired) electrons. The van der Waals surface area contributed by atoms with Crippen molar-refractivity contribution in [2.45, 2.75) is 59.9 Å². The summed E-state index contributed by atoms with van der Waals surface area (Å²) in [5.74, 6) is 0.201. The van der Waals surface area contributed by atoms with Crippen molar-refractivity contribution in [3.63, 3.8) is 0 Å². The molecule has 0 saturated carbocycles. The van der Waals surface area contributed by atoms with E-state index in [2.05, 4.69) is 19.2 Å². The third kappa shape index (κ3) is 3.79. The zero-order chi connectivity index (χ0) is 10.5. The van der Waals surface area contributed by atoms with Crippen LogP contribution in [0.3, 0.4) is 0 Å². The lowest BCUT2D eigenvalue weighted by Gasteiger charge is -2.27. The quantitative estimate of drug-likeness (QED) is 0.701. The Labute approximate surface area is 82.1 Å². The number of amides is 1. The van der Waals surface area contributed by atoms with Crippen LogP contribution < -0.4 is 5.32 Å². The minimum absolute atomic E-state index is 0.168. The standard InChI is InChI=1S/C11H23NO/c1-6-8-11(5,7-2)10(13)12-9(3)4/h9H,6-8H2,1-5H3,(H,12,13). The Bertz CT molecular complexity index is 165. The Morgan fingerprint density at radius 2 is 1.92 bits per heavy atom. The van der Waals surface area contributed by atoms with Gasteiger partial charge in [-0.05, 0) is 26.7 Å². The van der Waals surface area contributed by atoms with E-state index in [0.29, 0.717) is 0 Å². The van der Waals surface area contributed by atoms with E-state index in [1.807, 2.05) is 20.8 Å². The van der Waals surface area contributed by atoms with Crippen LogP contribution in [0.15, 0.2) is 0 Å². The molecule has 0 aromatic rings. The van der Waals surface area contributed by atoms with Crippen LogP contribution in [0.5, 0.6) is 0 Å². The second kappa shape index (κ2) is 5.25. The van der Waals surface area contributed by atoms with Gasteiger partial charge in [0.25, 0.3) is 0 Å². The first-order valence-corrected chi connectivity index (χ1v) is 5.27. The summed E-state index contributed by atoms with van der Waals surface area (Å²) in [6, 6.07) is 0.246. The maximum Gasteiger partial charge on any atom is 0.226 e. The Hall–Kier alpha value is -0.530. The fourth-order valence-electron chi connectivity index (χ4n) is 1.44. The molecule has 0 spiro atoms. The Kier molecular flexibility index (Phi) is 5.04. The highest BCUT2D eigenvalue weighted by molar-refractivity contribution is 5.82. The molecule has 1 unspecified atom stereocenters. The maximum absolute atomic E-state index is 11.8. The molecule has 0 aromatic carbocycles. The summed E-state index contributed by atoms with van der Waals surface area (Å²) >= 11 is 0. The first-order valence-electron chi connectivity index (χ1n) is 5.27. The molecule has 0 aliphatic carbocycles. The predicted octanol–water partition coefficient (Wildman–Crippen LogP) is 2.73. The molecular weight excluding hydrogens is 162 g/mol. The van der Waals surface area contributed by atoms with Gasteiger partial charge in [-0.25, -0.2) is 0 Å². The third-order valence-electron chi connectivity index (χ3n) is 2.55. The third-order valence-corrected chi connectivity index (χ3v) is 2.55. The number of carbonyl (C=O) groups is 1. The van der Waals surface area contributed by atoms with Crippen LogP contribution in [-0.4, -0.2) is 11.9 Å². The largest absolute Gasteiger partial charge is 0.353 e. The van der Waals surface area contributed by atoms with Gasteiger partial charge in [-0.15, -0.1) is 0 Å². The van der Waals surface area contributed by atoms with Gasteiger partial charge in [-0.2, -0.15) is 0 Å². The molecule has 0 heterocycles. The Balaban J connectivity index is 4.28. The normalized spacial score (nSPS) is 15.5. The van der Waals surface area contributed by atoms with Crippen LogP contribution in [0.25, 0.3) is 0 Å². The van der Waals surface area contributed by atoms with E-state index in [1.54, 1.807) is 0 Å². The first kappa shape index (κ1) is 12.5. The van der Waals surface area contributed by atoms with Gasteiger partial charge in [0.2, 0.25) is 5.91 Å². The van der Waals surface area contributed by atoms with Crippen molar-refractivity contribution < 1.29 is 4.79 Å². The van der Waals surface area contributed by atoms with Crippen LogP contribution in [0.1, 0.15) is 53.9 Å². The van der Waals surface area contributed by atoms with Crippen LogP contribution in [0.4, 0.5) is 0 Å². The van der Waals surface area contributed by atoms with Gasteiger partial charge >= 0.3 is 0 Å². The van der Waals surface area contributed by atoms with Gasteiger partial charge in [0.1, 0.15) is 0 Å². The average Bonchev–Trinajstić information content (AvgIpc) is 2.03. The van der Waals surface area contributed by atoms with Crippen LogP contribution in [0, 0.1) is 5.41 Å². The second-order valence-electron chi connectivity index (χ2n) is 4.29. The fourth-order valence-corrected chi connectivity index (χ4v) is 1.44. The van der Waals surface area contributed by atoms with E-state index in [1.165, 1.54) is 0 Å². The predicted molar refractivity (Wildman–Crippen MR) is 56.6 cm³/mol. The highest BCUT2D eigenvalue weighted by Gasteiger charge is 2.30. The van der Waals surface area contributed by atoms with Crippen molar-refractivity contribution in [1.29, 1.82) is 0 Å². The summed E-state index contributed by atoms with van der Waals surface area (Å²) in [4.78, 5) is 11.8. The van der Waals surface area contributed by atoms with Gasteiger partial charge < -0.3 is 5.32 Å². The van der Waals surface area contributed by atoms with Crippen molar-refractivity contribution in [2.75, 3.05) is 0 Å². The summed E-state index contributed by atoms with van der Waals surface area (Å²) in [5.41, 5.74) is -0.168. The smallest absolute Gasteiger partial charge is 0.226 e. The van der Waals surface area contributed by atoms with Crippen LogP contribution >= 0.6 is 0 Å². The lowest BCUT2D eigenvalue weighted by Crippen LogP contribution is -2.41. The van der Waals surface area contributed by atoms with E-state index in [-0.39, 0.29) is 17.4 Å². The van der Waals surface area contributed by atoms with Crippen molar-refractivity contribution >= 4 is 5.91 Å². The molecule has 1 atom stereocenters. The molecule has 1 amide bonds. The monoisotopic (exact) mass is 185 g/mol. The van der Waals surface area contributed by atoms with E-state index < -0.39 is 0 Å². The molecule has 13 heavy (non-hydrogen) atoms. The van der Waals surface area contributed by atoms with Gasteiger partial charge in [0.05, 0.1) is 0 Å². The zero-order valence-corrected chi connectivity index (χ0v) is 9.61. The summed E-state index contributed by atoms with van der Waals surface area (Å²) in [6.45, 7) is 10.3. The summed E-state index contributed by atoms with van der Waals surface area (Å²) in [6.07, 6.45) is 2.96. The molecular formula is C11H23NO. The molecule has 2 nitrogen and oxygen atoms in total. The first-order chi connectivity index (χ1) is 5.96. The maximum atomic E-state index is 11.8. The molecule has 0 aliphatic heterocycles. The second-order valence-corrected chi connectivity index (χ2v) is 4.29. The SMILES string of the molecule is CCCC(C)(CC)C(=O)NC(C)C. The topological polar surface area (TPSA) is 29.1 Å². The van der Waals surface area contributed by atoms with Crippen molar-refractivity contribution in [3.8, 4) is 0 Å². The van der Waals surface area contributed by atoms with E-state index >= 15 is 0 Å². The lowest BCUT2D eigenvalue weighted by atomic mass is 9.82. The number of nitrogens with one attached hydrogen (secondary N) is 1. The van der Waals surface area contributed by atoms with Crippen molar-refractivity contribution in [3.05, 3.63) is 0 Å². The molecule has 78 valence electrons. The highest BCUT2D eigenvalue weighted by Crippen LogP contribution is 2.27. The number of carbonyl (C=O) groups excluding carboxylic acids is 1. The highest BCUT2D eigenvalue weighted by atomic mass is 16.2. The van der Waals surface area contributed by atoms with E-state index in [0.717, 1.165) is 19.3 Å².